The molecule has 1 heterocycles. The SMILES string of the molecule is Cl.N[C@@H](c1ccsc1)c1cccc(Br)c1F. The molecular formula is C11H10BrClFNS. The molecule has 1 nitrogen and oxygen atoms in total. The molecule has 0 bridgehead atoms. The van der Waals surface area contributed by atoms with E-state index in [9.17, 15) is 4.39 Å². The molecule has 2 rings (SSSR count). The molecule has 1 aromatic heterocycles. The van der Waals surface area contributed by atoms with Crippen molar-refractivity contribution < 1.29 is 4.39 Å². The predicted molar refractivity (Wildman–Crippen MR) is 71.7 cm³/mol. The second kappa shape index (κ2) is 5.77. The van der Waals surface area contributed by atoms with Gasteiger partial charge in [-0.3, -0.25) is 0 Å². The van der Waals surface area contributed by atoms with Gasteiger partial charge in [-0.15, -0.1) is 12.4 Å². The van der Waals surface area contributed by atoms with Crippen LogP contribution in [0.3, 0.4) is 0 Å². The molecule has 2 aromatic rings. The van der Waals surface area contributed by atoms with Gasteiger partial charge in [-0.05, 0) is 44.4 Å². The first kappa shape index (κ1) is 13.6. The summed E-state index contributed by atoms with van der Waals surface area (Å²) in [6.07, 6.45) is 0. The van der Waals surface area contributed by atoms with Crippen molar-refractivity contribution in [3.05, 3.63) is 56.4 Å². The molecule has 5 heteroatoms. The number of thiophene rings is 1. The van der Waals surface area contributed by atoms with Gasteiger partial charge >= 0.3 is 0 Å². The van der Waals surface area contributed by atoms with Crippen LogP contribution in [0.5, 0.6) is 0 Å². The van der Waals surface area contributed by atoms with E-state index in [0.29, 0.717) is 10.0 Å². The Morgan fingerprint density at radius 2 is 2.06 bits per heavy atom. The standard InChI is InChI=1S/C11H9BrFNS.ClH/c12-9-3-1-2-8(10(9)13)11(14)7-4-5-15-6-7;/h1-6,11H,14H2;1H/t11-;/m0./s1. The van der Waals surface area contributed by atoms with E-state index in [4.69, 9.17) is 5.73 Å². The molecule has 0 spiro atoms. The number of hydrogen-bond donors (Lipinski definition) is 1. The largest absolute Gasteiger partial charge is 0.320 e. The van der Waals surface area contributed by atoms with E-state index < -0.39 is 6.04 Å². The third-order valence-electron chi connectivity index (χ3n) is 2.22. The topological polar surface area (TPSA) is 26.0 Å². The van der Waals surface area contributed by atoms with Crippen molar-refractivity contribution >= 4 is 39.7 Å². The maximum Gasteiger partial charge on any atom is 0.142 e. The van der Waals surface area contributed by atoms with Crippen LogP contribution >= 0.6 is 39.7 Å². The van der Waals surface area contributed by atoms with Crippen LogP contribution in [0.2, 0.25) is 0 Å². The Labute approximate surface area is 112 Å². The molecule has 0 amide bonds. The van der Waals surface area contributed by atoms with Crippen LogP contribution < -0.4 is 5.73 Å². The highest BCUT2D eigenvalue weighted by atomic mass is 79.9. The van der Waals surface area contributed by atoms with Gasteiger partial charge in [0.15, 0.2) is 0 Å². The van der Waals surface area contributed by atoms with E-state index >= 15 is 0 Å². The zero-order valence-corrected chi connectivity index (χ0v) is 11.4. The van der Waals surface area contributed by atoms with Crippen LogP contribution in [0.4, 0.5) is 4.39 Å². The average Bonchev–Trinajstić information content (AvgIpc) is 2.74. The van der Waals surface area contributed by atoms with Gasteiger partial charge in [0.2, 0.25) is 0 Å². The lowest BCUT2D eigenvalue weighted by atomic mass is 10.0. The van der Waals surface area contributed by atoms with Crippen LogP contribution in [0, 0.1) is 5.82 Å². The highest BCUT2D eigenvalue weighted by molar-refractivity contribution is 9.10. The Morgan fingerprint density at radius 3 is 2.69 bits per heavy atom. The van der Waals surface area contributed by atoms with E-state index in [1.165, 1.54) is 0 Å². The number of hydrogen-bond acceptors (Lipinski definition) is 2. The van der Waals surface area contributed by atoms with Gasteiger partial charge in [0.25, 0.3) is 0 Å². The molecule has 0 aliphatic carbocycles. The normalized spacial score (nSPS) is 11.9. The van der Waals surface area contributed by atoms with Crippen LogP contribution in [0.15, 0.2) is 39.5 Å². The third-order valence-corrected chi connectivity index (χ3v) is 3.53. The molecule has 1 atom stereocenters. The summed E-state index contributed by atoms with van der Waals surface area (Å²) in [5.74, 6) is -0.281. The minimum atomic E-state index is -0.395. The lowest BCUT2D eigenvalue weighted by molar-refractivity contribution is 0.593. The van der Waals surface area contributed by atoms with E-state index in [0.717, 1.165) is 5.56 Å². The number of rotatable bonds is 2. The molecule has 16 heavy (non-hydrogen) atoms. The molecular weight excluding hydrogens is 313 g/mol. The Morgan fingerprint density at radius 1 is 1.31 bits per heavy atom. The fourth-order valence-corrected chi connectivity index (χ4v) is 2.47. The summed E-state index contributed by atoms with van der Waals surface area (Å²) >= 11 is 4.71. The summed E-state index contributed by atoms with van der Waals surface area (Å²) in [7, 11) is 0. The van der Waals surface area contributed by atoms with Crippen LogP contribution in [0.25, 0.3) is 0 Å². The molecule has 0 saturated heterocycles. The van der Waals surface area contributed by atoms with Gasteiger partial charge in [-0.1, -0.05) is 12.1 Å². The summed E-state index contributed by atoms with van der Waals surface area (Å²) < 4.78 is 14.2. The first-order valence-electron chi connectivity index (χ1n) is 4.41. The van der Waals surface area contributed by atoms with E-state index in [2.05, 4.69) is 15.9 Å². The smallest absolute Gasteiger partial charge is 0.142 e. The average molecular weight is 323 g/mol. The summed E-state index contributed by atoms with van der Waals surface area (Å²) in [5.41, 5.74) is 7.43. The van der Waals surface area contributed by atoms with Crippen molar-refractivity contribution in [3.8, 4) is 0 Å². The highest BCUT2D eigenvalue weighted by Crippen LogP contribution is 2.27. The summed E-state index contributed by atoms with van der Waals surface area (Å²) in [5, 5.41) is 3.87. The van der Waals surface area contributed by atoms with Gasteiger partial charge in [0, 0.05) is 5.56 Å². The second-order valence-electron chi connectivity index (χ2n) is 3.18. The summed E-state index contributed by atoms with van der Waals surface area (Å²) in [4.78, 5) is 0. The van der Waals surface area contributed by atoms with E-state index in [-0.39, 0.29) is 18.2 Å². The lowest BCUT2D eigenvalue weighted by Crippen LogP contribution is -2.12. The second-order valence-corrected chi connectivity index (χ2v) is 4.81. The molecule has 0 saturated carbocycles. The molecule has 86 valence electrons. The number of benzene rings is 1. The van der Waals surface area contributed by atoms with Gasteiger partial charge in [0.05, 0.1) is 10.5 Å². The van der Waals surface area contributed by atoms with Gasteiger partial charge in [-0.25, -0.2) is 4.39 Å². The minimum Gasteiger partial charge on any atom is -0.320 e. The van der Waals surface area contributed by atoms with Crippen LogP contribution in [-0.2, 0) is 0 Å². The summed E-state index contributed by atoms with van der Waals surface area (Å²) in [6, 6.07) is 6.68. The quantitative estimate of drug-likeness (QED) is 0.884. The molecule has 2 N–H and O–H groups in total. The molecule has 1 aromatic carbocycles. The summed E-state index contributed by atoms with van der Waals surface area (Å²) in [6.45, 7) is 0. The first-order chi connectivity index (χ1) is 7.20. The fourth-order valence-electron chi connectivity index (χ4n) is 1.39. The molecule has 0 aliphatic rings. The van der Waals surface area contributed by atoms with Gasteiger partial charge in [0.1, 0.15) is 5.82 Å². The van der Waals surface area contributed by atoms with Crippen molar-refractivity contribution in [1.82, 2.24) is 0 Å². The highest BCUT2D eigenvalue weighted by Gasteiger charge is 2.15. The van der Waals surface area contributed by atoms with Crippen molar-refractivity contribution in [2.75, 3.05) is 0 Å². The van der Waals surface area contributed by atoms with E-state index in [1.54, 1.807) is 29.5 Å². The molecule has 0 fully saturated rings. The van der Waals surface area contributed by atoms with Gasteiger partial charge in [-0.2, -0.15) is 11.3 Å². The maximum absolute atomic E-state index is 13.7. The lowest BCUT2D eigenvalue weighted by Gasteiger charge is -2.12. The Kier molecular flexibility index (Phi) is 4.92. The fraction of sp³-hybridized carbons (Fsp3) is 0.0909. The zero-order chi connectivity index (χ0) is 10.8. The Hall–Kier alpha value is -0.420. The molecule has 0 radical (unpaired) electrons. The monoisotopic (exact) mass is 321 g/mol. The maximum atomic E-state index is 13.7. The van der Waals surface area contributed by atoms with Gasteiger partial charge < -0.3 is 5.73 Å². The zero-order valence-electron chi connectivity index (χ0n) is 8.19. The number of halogens is 3. The first-order valence-corrected chi connectivity index (χ1v) is 6.15. The van der Waals surface area contributed by atoms with Crippen LogP contribution in [-0.4, -0.2) is 0 Å². The third kappa shape index (κ3) is 2.63. The van der Waals surface area contributed by atoms with Crippen molar-refractivity contribution in [2.45, 2.75) is 6.04 Å². The van der Waals surface area contributed by atoms with Crippen molar-refractivity contribution in [3.63, 3.8) is 0 Å². The van der Waals surface area contributed by atoms with Crippen molar-refractivity contribution in [1.29, 1.82) is 0 Å². The number of nitrogens with two attached hydrogens (primary N) is 1. The van der Waals surface area contributed by atoms with Crippen molar-refractivity contribution in [2.24, 2.45) is 5.73 Å². The molecule has 0 aliphatic heterocycles. The van der Waals surface area contributed by atoms with Crippen LogP contribution in [0.1, 0.15) is 17.2 Å². The van der Waals surface area contributed by atoms with E-state index in [1.807, 2.05) is 16.8 Å². The minimum absolute atomic E-state index is 0. The Balaban J connectivity index is 0.00000128. The molecule has 0 unspecified atom stereocenters. The predicted octanol–water partition coefficient (Wildman–Crippen LogP) is 4.12. The Bertz CT molecular complexity index is 461.